The highest BCUT2D eigenvalue weighted by atomic mass is 79.9. The molecule has 1 aromatic rings. The van der Waals surface area contributed by atoms with Gasteiger partial charge in [-0.15, -0.1) is 0 Å². The largest absolute Gasteiger partial charge is 0.304 e. The lowest BCUT2D eigenvalue weighted by Gasteiger charge is -2.17. The van der Waals surface area contributed by atoms with Gasteiger partial charge in [0, 0.05) is 11.0 Å². The number of hydrogen-bond acceptors (Lipinski definition) is 2. The zero-order valence-electron chi connectivity index (χ0n) is 12.1. The van der Waals surface area contributed by atoms with E-state index in [2.05, 4.69) is 22.9 Å². The molecule has 0 N–H and O–H groups in total. The van der Waals surface area contributed by atoms with E-state index in [1.165, 1.54) is 30.2 Å². The fourth-order valence-electron chi connectivity index (χ4n) is 2.62. The van der Waals surface area contributed by atoms with Gasteiger partial charge in [-0.1, -0.05) is 39.0 Å². The molecule has 0 unspecified atom stereocenters. The summed E-state index contributed by atoms with van der Waals surface area (Å²) < 4.78 is 13.8. The lowest BCUT2D eigenvalue weighted by molar-refractivity contribution is -0.114. The molecular weight excluding hydrogens is 337 g/mol. The van der Waals surface area contributed by atoms with Crippen molar-refractivity contribution < 1.29 is 14.0 Å². The summed E-state index contributed by atoms with van der Waals surface area (Å²) in [5.41, 5.74) is 0.679. The van der Waals surface area contributed by atoms with Gasteiger partial charge in [-0.2, -0.15) is 0 Å². The van der Waals surface area contributed by atoms with Crippen LogP contribution in [0.5, 0.6) is 0 Å². The van der Waals surface area contributed by atoms with Crippen molar-refractivity contribution in [3.8, 4) is 0 Å². The topological polar surface area (TPSA) is 37.4 Å². The number of rotatable bonds is 7. The Hall–Kier alpha value is -1.23. The summed E-state index contributed by atoms with van der Waals surface area (Å²) in [5, 5.41) is 0. The van der Waals surface area contributed by atoms with Crippen LogP contribution in [0.1, 0.15) is 55.8 Å². The Morgan fingerprint density at radius 3 is 2.48 bits per heavy atom. The molecule has 0 radical (unpaired) electrons. The van der Waals surface area contributed by atoms with Crippen LogP contribution < -0.4 is 4.90 Å². The molecule has 3 nitrogen and oxygen atoms in total. The first-order valence-corrected chi connectivity index (χ1v) is 8.20. The fourth-order valence-corrected chi connectivity index (χ4v) is 3.26. The van der Waals surface area contributed by atoms with E-state index in [0.717, 1.165) is 25.3 Å². The smallest absolute Gasteiger partial charge is 0.299 e. The minimum Gasteiger partial charge on any atom is -0.304 e. The van der Waals surface area contributed by atoms with E-state index in [1.54, 1.807) is 0 Å². The Morgan fingerprint density at radius 1 is 1.10 bits per heavy atom. The normalized spacial score (nSPS) is 14.0. The number of ketones is 1. The molecule has 114 valence electrons. The number of carbonyl (C=O) groups is 2. The number of halogens is 2. The van der Waals surface area contributed by atoms with Crippen molar-refractivity contribution in [2.45, 2.75) is 45.4 Å². The quantitative estimate of drug-likeness (QED) is 0.534. The summed E-state index contributed by atoms with van der Waals surface area (Å²) in [6.45, 7) is 2.68. The number of Topliss-reactive ketones (excluding diaryl/α,β-unsaturated/α-hetero) is 1. The van der Waals surface area contributed by atoms with Gasteiger partial charge in [-0.3, -0.25) is 9.59 Å². The molecule has 0 bridgehead atoms. The second-order valence-electron chi connectivity index (χ2n) is 5.34. The first-order chi connectivity index (χ1) is 10.1. The summed E-state index contributed by atoms with van der Waals surface area (Å²) in [4.78, 5) is 25.4. The minimum atomic E-state index is -0.615. The predicted molar refractivity (Wildman–Crippen MR) is 84.2 cm³/mol. The van der Waals surface area contributed by atoms with Crippen molar-refractivity contribution >= 4 is 33.3 Å². The molecule has 0 aliphatic carbocycles. The van der Waals surface area contributed by atoms with E-state index in [-0.39, 0.29) is 5.56 Å². The van der Waals surface area contributed by atoms with Crippen molar-refractivity contribution in [3.63, 3.8) is 0 Å². The Kier molecular flexibility index (Phi) is 5.51. The molecule has 0 atom stereocenters. The Bertz CT molecular complexity index is 559. The van der Waals surface area contributed by atoms with Crippen molar-refractivity contribution in [3.05, 3.63) is 28.0 Å². The highest BCUT2D eigenvalue weighted by molar-refractivity contribution is 9.10. The van der Waals surface area contributed by atoms with Crippen LogP contribution in [0.3, 0.4) is 0 Å². The standard InChI is InChI=1S/C16H19BrFNO2/c1-2-3-4-5-6-7-8-19-14-12(15(20)16(19)21)9-11(18)10-13(14)17/h9-10H,2-8H2,1H3. The van der Waals surface area contributed by atoms with E-state index in [0.29, 0.717) is 16.7 Å². The second kappa shape index (κ2) is 7.16. The molecule has 2 rings (SSSR count). The zero-order chi connectivity index (χ0) is 15.4. The number of anilines is 1. The van der Waals surface area contributed by atoms with E-state index < -0.39 is 17.5 Å². The Labute approximate surface area is 132 Å². The third kappa shape index (κ3) is 3.51. The average Bonchev–Trinajstić information content (AvgIpc) is 2.68. The minimum absolute atomic E-state index is 0.165. The van der Waals surface area contributed by atoms with Crippen LogP contribution in [0.15, 0.2) is 16.6 Å². The van der Waals surface area contributed by atoms with Crippen molar-refractivity contribution in [1.82, 2.24) is 0 Å². The van der Waals surface area contributed by atoms with Gasteiger partial charge in [-0.05, 0) is 34.5 Å². The SMILES string of the molecule is CCCCCCCCN1C(=O)C(=O)c2cc(F)cc(Br)c21. The molecular formula is C16H19BrFNO2. The van der Waals surface area contributed by atoms with Crippen molar-refractivity contribution in [2.24, 2.45) is 0 Å². The third-order valence-electron chi connectivity index (χ3n) is 3.72. The molecule has 0 saturated heterocycles. The van der Waals surface area contributed by atoms with E-state index in [1.807, 2.05) is 0 Å². The maximum absolute atomic E-state index is 13.4. The first-order valence-electron chi connectivity index (χ1n) is 7.41. The highest BCUT2D eigenvalue weighted by Gasteiger charge is 2.37. The van der Waals surface area contributed by atoms with Crippen molar-refractivity contribution in [2.75, 3.05) is 11.4 Å². The van der Waals surface area contributed by atoms with E-state index in [4.69, 9.17) is 0 Å². The van der Waals surface area contributed by atoms with Gasteiger partial charge in [0.15, 0.2) is 0 Å². The van der Waals surface area contributed by atoms with Crippen molar-refractivity contribution in [1.29, 1.82) is 0 Å². The first kappa shape index (κ1) is 16.1. The fraction of sp³-hybridized carbons (Fsp3) is 0.500. The lowest BCUT2D eigenvalue weighted by Crippen LogP contribution is -2.30. The number of hydrogen-bond donors (Lipinski definition) is 0. The number of benzene rings is 1. The molecule has 1 amide bonds. The monoisotopic (exact) mass is 355 g/mol. The molecule has 21 heavy (non-hydrogen) atoms. The molecule has 1 aromatic carbocycles. The van der Waals surface area contributed by atoms with Crippen LogP contribution in [-0.2, 0) is 4.79 Å². The van der Waals surface area contributed by atoms with Crippen LogP contribution in [0.4, 0.5) is 10.1 Å². The Balaban J connectivity index is 2.02. The lowest BCUT2D eigenvalue weighted by atomic mass is 10.1. The van der Waals surface area contributed by atoms with Gasteiger partial charge in [0.05, 0.1) is 11.3 Å². The molecule has 0 aromatic heterocycles. The highest BCUT2D eigenvalue weighted by Crippen LogP contribution is 2.37. The van der Waals surface area contributed by atoms with Gasteiger partial charge in [0.25, 0.3) is 11.7 Å². The molecule has 0 spiro atoms. The van der Waals surface area contributed by atoms with Gasteiger partial charge in [-0.25, -0.2) is 4.39 Å². The number of fused-ring (bicyclic) bond motifs is 1. The van der Waals surface area contributed by atoms with Crippen LogP contribution in [0, 0.1) is 5.82 Å². The number of carbonyl (C=O) groups excluding carboxylic acids is 2. The van der Waals surface area contributed by atoms with Crippen LogP contribution >= 0.6 is 15.9 Å². The molecule has 0 saturated carbocycles. The zero-order valence-corrected chi connectivity index (χ0v) is 13.7. The summed E-state index contributed by atoms with van der Waals surface area (Å²) in [7, 11) is 0. The third-order valence-corrected chi connectivity index (χ3v) is 4.32. The Morgan fingerprint density at radius 2 is 1.76 bits per heavy atom. The van der Waals surface area contributed by atoms with Crippen LogP contribution in [0.25, 0.3) is 0 Å². The van der Waals surface area contributed by atoms with Crippen LogP contribution in [0.2, 0.25) is 0 Å². The summed E-state index contributed by atoms with van der Waals surface area (Å²) in [6.07, 6.45) is 6.66. The number of amides is 1. The van der Waals surface area contributed by atoms with Gasteiger partial charge in [0.2, 0.25) is 0 Å². The van der Waals surface area contributed by atoms with Gasteiger partial charge >= 0.3 is 0 Å². The molecule has 5 heteroatoms. The second-order valence-corrected chi connectivity index (χ2v) is 6.19. The predicted octanol–water partition coefficient (Wildman–Crippen LogP) is 4.48. The van der Waals surface area contributed by atoms with Crippen LogP contribution in [-0.4, -0.2) is 18.2 Å². The summed E-state index contributed by atoms with van der Waals surface area (Å²) >= 11 is 3.25. The average molecular weight is 356 g/mol. The molecule has 0 fully saturated rings. The number of unbranched alkanes of at least 4 members (excludes halogenated alkanes) is 5. The van der Waals surface area contributed by atoms with E-state index in [9.17, 15) is 14.0 Å². The van der Waals surface area contributed by atoms with E-state index >= 15 is 0 Å². The summed E-state index contributed by atoms with van der Waals surface area (Å²) in [5.74, 6) is -1.68. The number of nitrogens with zero attached hydrogens (tertiary/aromatic N) is 1. The van der Waals surface area contributed by atoms with Gasteiger partial charge in [0.1, 0.15) is 5.82 Å². The maximum Gasteiger partial charge on any atom is 0.299 e. The maximum atomic E-state index is 13.4. The molecule has 1 aliphatic rings. The molecule has 1 aliphatic heterocycles. The van der Waals surface area contributed by atoms with Gasteiger partial charge < -0.3 is 4.90 Å². The molecule has 1 heterocycles. The summed E-state index contributed by atoms with van der Waals surface area (Å²) in [6, 6.07) is 2.43.